The molecule has 7 nitrogen and oxygen atoms in total. The molecule has 2 heterocycles. The number of ether oxygens (including phenoxy) is 2. The van der Waals surface area contributed by atoms with Gasteiger partial charge in [0.1, 0.15) is 29.1 Å². The van der Waals surface area contributed by atoms with E-state index in [2.05, 4.69) is 0 Å². The third kappa shape index (κ3) is 3.62. The number of hydrogen-bond donors (Lipinski definition) is 1. The summed E-state index contributed by atoms with van der Waals surface area (Å²) >= 11 is 0. The van der Waals surface area contributed by atoms with Gasteiger partial charge in [0.05, 0.1) is 32.6 Å². The number of ketones is 1. The fourth-order valence-corrected chi connectivity index (χ4v) is 3.98. The summed E-state index contributed by atoms with van der Waals surface area (Å²) in [6.07, 6.45) is 1.47. The number of aliphatic hydroxyl groups is 1. The molecule has 0 spiro atoms. The lowest BCUT2D eigenvalue weighted by molar-refractivity contribution is -0.140. The van der Waals surface area contributed by atoms with Crippen molar-refractivity contribution in [1.82, 2.24) is 4.90 Å². The fraction of sp³-hybridized carbons (Fsp3) is 0.200. The van der Waals surface area contributed by atoms with Gasteiger partial charge in [-0.15, -0.1) is 0 Å². The summed E-state index contributed by atoms with van der Waals surface area (Å²) in [6.45, 7) is 1.94. The van der Waals surface area contributed by atoms with Crippen molar-refractivity contribution in [3.05, 3.63) is 88.9 Å². The number of furan rings is 1. The number of amides is 1. The van der Waals surface area contributed by atoms with Crippen molar-refractivity contribution in [2.24, 2.45) is 0 Å². The molecule has 1 unspecified atom stereocenters. The van der Waals surface area contributed by atoms with E-state index in [9.17, 15) is 14.7 Å². The van der Waals surface area contributed by atoms with Crippen molar-refractivity contribution in [1.29, 1.82) is 0 Å². The highest BCUT2D eigenvalue weighted by molar-refractivity contribution is 6.46. The predicted octanol–water partition coefficient (Wildman–Crippen LogP) is 4.23. The van der Waals surface area contributed by atoms with Gasteiger partial charge in [0.2, 0.25) is 0 Å². The highest BCUT2D eigenvalue weighted by atomic mass is 16.5. The third-order valence-electron chi connectivity index (χ3n) is 5.55. The quantitative estimate of drug-likeness (QED) is 0.356. The third-order valence-corrected chi connectivity index (χ3v) is 5.55. The average Bonchev–Trinajstić information content (AvgIpc) is 3.41. The van der Waals surface area contributed by atoms with E-state index in [0.29, 0.717) is 22.8 Å². The Labute approximate surface area is 185 Å². The minimum atomic E-state index is -0.877. The summed E-state index contributed by atoms with van der Waals surface area (Å²) < 4.78 is 16.3. The summed E-state index contributed by atoms with van der Waals surface area (Å²) in [6, 6.07) is 14.8. The molecule has 164 valence electrons. The molecule has 7 heteroatoms. The molecule has 1 fully saturated rings. The van der Waals surface area contributed by atoms with Crippen molar-refractivity contribution >= 4 is 17.4 Å². The van der Waals surface area contributed by atoms with Crippen LogP contribution in [0.15, 0.2) is 70.9 Å². The van der Waals surface area contributed by atoms with Crippen LogP contribution in [0.3, 0.4) is 0 Å². The largest absolute Gasteiger partial charge is 0.507 e. The summed E-state index contributed by atoms with van der Waals surface area (Å²) in [5, 5.41) is 11.1. The molecule has 3 aromatic rings. The summed E-state index contributed by atoms with van der Waals surface area (Å²) in [7, 11) is 3.10. The Morgan fingerprint density at radius 2 is 1.78 bits per heavy atom. The van der Waals surface area contributed by atoms with E-state index in [4.69, 9.17) is 13.9 Å². The number of carbonyl (C=O) groups excluding carboxylic acids is 2. The smallest absolute Gasteiger partial charge is 0.296 e. The second kappa shape index (κ2) is 8.63. The van der Waals surface area contributed by atoms with Crippen LogP contribution in [0.5, 0.6) is 11.5 Å². The Hall–Kier alpha value is -4.00. The molecule has 1 aromatic heterocycles. The molecule has 1 atom stereocenters. The van der Waals surface area contributed by atoms with Crippen LogP contribution in [0.4, 0.5) is 0 Å². The van der Waals surface area contributed by atoms with E-state index >= 15 is 0 Å². The lowest BCUT2D eigenvalue weighted by Crippen LogP contribution is -2.29. The van der Waals surface area contributed by atoms with Gasteiger partial charge in [0, 0.05) is 11.1 Å². The van der Waals surface area contributed by atoms with E-state index in [-0.39, 0.29) is 17.9 Å². The monoisotopic (exact) mass is 433 g/mol. The molecule has 1 saturated heterocycles. The van der Waals surface area contributed by atoms with Gasteiger partial charge >= 0.3 is 0 Å². The van der Waals surface area contributed by atoms with Gasteiger partial charge < -0.3 is 23.9 Å². The van der Waals surface area contributed by atoms with Gasteiger partial charge in [-0.1, -0.05) is 18.2 Å². The van der Waals surface area contributed by atoms with Gasteiger partial charge in [-0.3, -0.25) is 9.59 Å². The number of methoxy groups -OCH3 is 2. The normalized spacial score (nSPS) is 17.6. The SMILES string of the molecule is COc1ccc(/C(O)=C2/C(=O)C(=O)N(Cc3ccccc3OC)C2c2ccco2)cc1C. The number of nitrogens with zero attached hydrogens (tertiary/aromatic N) is 1. The summed E-state index contributed by atoms with van der Waals surface area (Å²) in [4.78, 5) is 27.5. The molecule has 32 heavy (non-hydrogen) atoms. The minimum Gasteiger partial charge on any atom is -0.507 e. The lowest BCUT2D eigenvalue weighted by atomic mass is 9.98. The first kappa shape index (κ1) is 21.2. The van der Waals surface area contributed by atoms with Crippen LogP contribution in [-0.2, 0) is 16.1 Å². The Morgan fingerprint density at radius 1 is 1.03 bits per heavy atom. The molecule has 0 aliphatic carbocycles. The Morgan fingerprint density at radius 3 is 2.44 bits per heavy atom. The first-order chi connectivity index (χ1) is 15.5. The molecule has 1 aliphatic rings. The van der Waals surface area contributed by atoms with E-state index in [1.807, 2.05) is 25.1 Å². The Kier molecular flexibility index (Phi) is 5.73. The summed E-state index contributed by atoms with van der Waals surface area (Å²) in [5.74, 6) is -0.126. The molecule has 0 radical (unpaired) electrons. The molecule has 2 aromatic carbocycles. The summed E-state index contributed by atoms with van der Waals surface area (Å²) in [5.41, 5.74) is 1.91. The van der Waals surface area contributed by atoms with Crippen LogP contribution in [-0.4, -0.2) is 35.9 Å². The van der Waals surface area contributed by atoms with E-state index < -0.39 is 17.7 Å². The zero-order valence-corrected chi connectivity index (χ0v) is 18.0. The highest BCUT2D eigenvalue weighted by Gasteiger charge is 2.47. The van der Waals surface area contributed by atoms with E-state index in [0.717, 1.165) is 11.1 Å². The van der Waals surface area contributed by atoms with Gasteiger partial charge in [0.15, 0.2) is 0 Å². The first-order valence-corrected chi connectivity index (χ1v) is 10.0. The van der Waals surface area contributed by atoms with Crippen molar-refractivity contribution in [3.63, 3.8) is 0 Å². The molecular formula is C25H23NO6. The lowest BCUT2D eigenvalue weighted by Gasteiger charge is -2.24. The van der Waals surface area contributed by atoms with Crippen molar-refractivity contribution in [2.45, 2.75) is 19.5 Å². The Bertz CT molecular complexity index is 1190. The number of carbonyl (C=O) groups is 2. The van der Waals surface area contributed by atoms with E-state index in [1.165, 1.54) is 11.2 Å². The number of para-hydroxylation sites is 1. The van der Waals surface area contributed by atoms with Gasteiger partial charge in [-0.05, 0) is 48.9 Å². The number of hydrogen-bond acceptors (Lipinski definition) is 6. The zero-order chi connectivity index (χ0) is 22.8. The fourth-order valence-electron chi connectivity index (χ4n) is 3.98. The van der Waals surface area contributed by atoms with Crippen molar-refractivity contribution in [2.75, 3.05) is 14.2 Å². The zero-order valence-electron chi connectivity index (χ0n) is 18.0. The predicted molar refractivity (Wildman–Crippen MR) is 117 cm³/mol. The van der Waals surface area contributed by atoms with Crippen molar-refractivity contribution < 1.29 is 28.6 Å². The maximum absolute atomic E-state index is 13.1. The van der Waals surface area contributed by atoms with Crippen LogP contribution in [0.25, 0.3) is 5.76 Å². The van der Waals surface area contributed by atoms with Crippen LogP contribution in [0.2, 0.25) is 0 Å². The second-order valence-electron chi connectivity index (χ2n) is 7.44. The number of aliphatic hydroxyl groups excluding tert-OH is 1. The van der Waals surface area contributed by atoms with Crippen molar-refractivity contribution in [3.8, 4) is 11.5 Å². The van der Waals surface area contributed by atoms with Crippen LogP contribution < -0.4 is 9.47 Å². The maximum atomic E-state index is 13.1. The highest BCUT2D eigenvalue weighted by Crippen LogP contribution is 2.41. The standard InChI is InChI=1S/C25H23NO6/c1-15-13-16(10-11-18(15)30-2)23(27)21-22(20-9-6-12-32-20)26(25(29)24(21)28)14-17-7-4-5-8-19(17)31-3/h4-13,22,27H,14H2,1-3H3/b23-21-. The Balaban J connectivity index is 1.83. The number of rotatable bonds is 6. The van der Waals surface area contributed by atoms with Gasteiger partial charge in [-0.25, -0.2) is 0 Å². The molecule has 1 amide bonds. The topological polar surface area (TPSA) is 89.2 Å². The molecular weight excluding hydrogens is 410 g/mol. The number of benzene rings is 2. The second-order valence-corrected chi connectivity index (χ2v) is 7.44. The van der Waals surface area contributed by atoms with E-state index in [1.54, 1.807) is 50.6 Å². The molecule has 1 N–H and O–H groups in total. The average molecular weight is 433 g/mol. The molecule has 4 rings (SSSR count). The van der Waals surface area contributed by atoms with Crippen LogP contribution >= 0.6 is 0 Å². The number of Topliss-reactive ketones (excluding diaryl/α,β-unsaturated/α-hetero) is 1. The molecule has 0 bridgehead atoms. The maximum Gasteiger partial charge on any atom is 0.296 e. The first-order valence-electron chi connectivity index (χ1n) is 10.0. The van der Waals surface area contributed by atoms with Crippen LogP contribution in [0, 0.1) is 6.92 Å². The van der Waals surface area contributed by atoms with Gasteiger partial charge in [0.25, 0.3) is 11.7 Å². The minimum absolute atomic E-state index is 0.0237. The van der Waals surface area contributed by atoms with Crippen LogP contribution in [0.1, 0.15) is 28.5 Å². The number of aryl methyl sites for hydroxylation is 1. The molecule has 1 aliphatic heterocycles. The van der Waals surface area contributed by atoms with Gasteiger partial charge in [-0.2, -0.15) is 0 Å². The molecule has 0 saturated carbocycles. The number of likely N-dealkylation sites (tertiary alicyclic amines) is 1.